The summed E-state index contributed by atoms with van der Waals surface area (Å²) in [6.45, 7) is 5.61. The molecule has 1 aliphatic heterocycles. The van der Waals surface area contributed by atoms with Crippen LogP contribution in [0.4, 0.5) is 0 Å². The smallest absolute Gasteiger partial charge is 0.0517 e. The van der Waals surface area contributed by atoms with Crippen LogP contribution in [-0.4, -0.2) is 11.6 Å². The number of aryl methyl sites for hydroxylation is 2. The van der Waals surface area contributed by atoms with Gasteiger partial charge in [0.2, 0.25) is 0 Å². The first kappa shape index (κ1) is 9.91. The molecule has 2 heterocycles. The van der Waals surface area contributed by atoms with Gasteiger partial charge in [-0.2, -0.15) is 0 Å². The quantitative estimate of drug-likeness (QED) is 0.813. The van der Waals surface area contributed by atoms with E-state index in [9.17, 15) is 0 Å². The summed E-state index contributed by atoms with van der Waals surface area (Å²) in [5.74, 6) is 0. The van der Waals surface area contributed by atoms with Crippen molar-refractivity contribution in [2.24, 2.45) is 0 Å². The fourth-order valence-corrected chi connectivity index (χ4v) is 2.69. The van der Waals surface area contributed by atoms with E-state index in [-0.39, 0.29) is 5.54 Å². The van der Waals surface area contributed by atoms with Gasteiger partial charge in [0.05, 0.1) is 5.52 Å². The average Bonchev–Trinajstić information content (AvgIpc) is 2.85. The van der Waals surface area contributed by atoms with Gasteiger partial charge in [-0.05, 0) is 38.4 Å². The van der Waals surface area contributed by atoms with Crippen LogP contribution < -0.4 is 5.32 Å². The van der Waals surface area contributed by atoms with Crippen molar-refractivity contribution in [3.63, 3.8) is 0 Å². The highest BCUT2D eigenvalue weighted by Gasteiger charge is 2.25. The molecule has 3 rings (SSSR count). The van der Waals surface area contributed by atoms with Crippen LogP contribution in [0.25, 0.3) is 10.9 Å². The monoisotopic (exact) mass is 214 g/mol. The Morgan fingerprint density at radius 3 is 2.88 bits per heavy atom. The number of nitrogens with zero attached hydrogens (tertiary/aromatic N) is 1. The number of para-hydroxylation sites is 1. The molecule has 0 unspecified atom stereocenters. The van der Waals surface area contributed by atoms with Crippen molar-refractivity contribution in [3.8, 4) is 0 Å². The summed E-state index contributed by atoms with van der Waals surface area (Å²) in [6.07, 6.45) is 3.50. The van der Waals surface area contributed by atoms with Crippen molar-refractivity contribution in [1.29, 1.82) is 0 Å². The molecule has 1 aromatic carbocycles. The normalized spacial score (nSPS) is 14.9. The van der Waals surface area contributed by atoms with Gasteiger partial charge in [-0.15, -0.1) is 0 Å². The molecule has 0 aliphatic carbocycles. The second kappa shape index (κ2) is 3.11. The minimum atomic E-state index is 0.0411. The molecule has 84 valence electrons. The van der Waals surface area contributed by atoms with Crippen molar-refractivity contribution in [1.82, 2.24) is 9.88 Å². The van der Waals surface area contributed by atoms with E-state index in [1.807, 2.05) is 7.05 Å². The lowest BCUT2D eigenvalue weighted by Crippen LogP contribution is -2.32. The molecule has 0 amide bonds. The number of hydrogen-bond donors (Lipinski definition) is 1. The van der Waals surface area contributed by atoms with E-state index in [0.29, 0.717) is 0 Å². The zero-order chi connectivity index (χ0) is 11.3. The first-order valence-electron chi connectivity index (χ1n) is 5.93. The van der Waals surface area contributed by atoms with Gasteiger partial charge in [-0.25, -0.2) is 0 Å². The molecule has 2 aromatic rings. The van der Waals surface area contributed by atoms with Crippen LogP contribution in [0.5, 0.6) is 0 Å². The molecule has 16 heavy (non-hydrogen) atoms. The average molecular weight is 214 g/mol. The predicted octanol–water partition coefficient (Wildman–Crippen LogP) is 2.65. The molecule has 1 aromatic heterocycles. The Kier molecular flexibility index (Phi) is 1.93. The molecule has 0 radical (unpaired) electrons. The van der Waals surface area contributed by atoms with Crippen LogP contribution in [0, 0.1) is 0 Å². The maximum absolute atomic E-state index is 3.39. The molecule has 1 N–H and O–H groups in total. The lowest BCUT2D eigenvalue weighted by Gasteiger charge is -2.23. The highest BCUT2D eigenvalue weighted by molar-refractivity contribution is 5.88. The Balaban J connectivity index is 2.33. The topological polar surface area (TPSA) is 17.0 Å². The maximum atomic E-state index is 3.39. The molecular formula is C14H18N2. The van der Waals surface area contributed by atoms with Gasteiger partial charge in [0.1, 0.15) is 0 Å². The summed E-state index contributed by atoms with van der Waals surface area (Å²) in [6, 6.07) is 6.68. The highest BCUT2D eigenvalue weighted by Crippen LogP contribution is 2.34. The number of hydrogen-bond acceptors (Lipinski definition) is 1. The van der Waals surface area contributed by atoms with Gasteiger partial charge in [0.25, 0.3) is 0 Å². The van der Waals surface area contributed by atoms with E-state index in [2.05, 4.69) is 48.1 Å². The Labute approximate surface area is 96.3 Å². The van der Waals surface area contributed by atoms with Gasteiger partial charge in [0.15, 0.2) is 0 Å². The fraction of sp³-hybridized carbons (Fsp3) is 0.429. The summed E-state index contributed by atoms with van der Waals surface area (Å²) in [5, 5.41) is 4.80. The van der Waals surface area contributed by atoms with Crippen molar-refractivity contribution in [2.75, 3.05) is 7.05 Å². The van der Waals surface area contributed by atoms with Gasteiger partial charge in [0, 0.05) is 23.7 Å². The molecule has 0 bridgehead atoms. The van der Waals surface area contributed by atoms with Gasteiger partial charge < -0.3 is 9.88 Å². The lowest BCUT2D eigenvalue weighted by atomic mass is 9.93. The lowest BCUT2D eigenvalue weighted by molar-refractivity contribution is 0.447. The number of nitrogens with one attached hydrogen (secondary N) is 1. The van der Waals surface area contributed by atoms with Crippen LogP contribution in [0.1, 0.15) is 25.0 Å². The second-order valence-electron chi connectivity index (χ2n) is 5.17. The highest BCUT2D eigenvalue weighted by atomic mass is 15.0. The number of rotatable bonds is 2. The first-order valence-corrected chi connectivity index (χ1v) is 5.93. The third-order valence-electron chi connectivity index (χ3n) is 3.90. The Morgan fingerprint density at radius 1 is 1.31 bits per heavy atom. The van der Waals surface area contributed by atoms with E-state index in [1.165, 1.54) is 28.5 Å². The predicted molar refractivity (Wildman–Crippen MR) is 67.7 cm³/mol. The summed E-state index contributed by atoms with van der Waals surface area (Å²) in [7, 11) is 2.03. The van der Waals surface area contributed by atoms with Crippen LogP contribution >= 0.6 is 0 Å². The van der Waals surface area contributed by atoms with Gasteiger partial charge >= 0.3 is 0 Å². The van der Waals surface area contributed by atoms with Crippen LogP contribution in [0.2, 0.25) is 0 Å². The van der Waals surface area contributed by atoms with Crippen LogP contribution in [0.15, 0.2) is 24.4 Å². The van der Waals surface area contributed by atoms with Crippen molar-refractivity contribution >= 4 is 10.9 Å². The zero-order valence-electron chi connectivity index (χ0n) is 10.2. The van der Waals surface area contributed by atoms with Crippen molar-refractivity contribution in [2.45, 2.75) is 32.4 Å². The molecule has 2 heteroatoms. The van der Waals surface area contributed by atoms with Crippen LogP contribution in [0.3, 0.4) is 0 Å². The molecule has 1 aliphatic rings. The summed E-state index contributed by atoms with van der Waals surface area (Å²) in [5.41, 5.74) is 4.39. The molecule has 0 spiro atoms. The maximum Gasteiger partial charge on any atom is 0.0517 e. The second-order valence-corrected chi connectivity index (χ2v) is 5.17. The summed E-state index contributed by atoms with van der Waals surface area (Å²) in [4.78, 5) is 0. The largest absolute Gasteiger partial charge is 0.347 e. The molecule has 2 nitrogen and oxygen atoms in total. The fourth-order valence-electron chi connectivity index (χ4n) is 2.69. The van der Waals surface area contributed by atoms with Gasteiger partial charge in [-0.1, -0.05) is 18.2 Å². The van der Waals surface area contributed by atoms with Crippen LogP contribution in [-0.2, 0) is 18.5 Å². The third kappa shape index (κ3) is 1.17. The minimum Gasteiger partial charge on any atom is -0.347 e. The molecule has 0 saturated carbocycles. The van der Waals surface area contributed by atoms with Gasteiger partial charge in [-0.3, -0.25) is 0 Å². The SMILES string of the molecule is CNC(C)(C)c1cn2c3c(cccc13)CC2. The summed E-state index contributed by atoms with van der Waals surface area (Å²) >= 11 is 0. The van der Waals surface area contributed by atoms with E-state index in [0.717, 1.165) is 6.54 Å². The standard InChI is InChI=1S/C14H18N2/c1-14(2,15-3)12-9-16-8-7-10-5-4-6-11(12)13(10)16/h4-6,9,15H,7-8H2,1-3H3. The third-order valence-corrected chi connectivity index (χ3v) is 3.90. The molecule has 0 atom stereocenters. The van der Waals surface area contributed by atoms with E-state index >= 15 is 0 Å². The summed E-state index contributed by atoms with van der Waals surface area (Å²) < 4.78 is 2.40. The number of aromatic nitrogens is 1. The van der Waals surface area contributed by atoms with E-state index in [1.54, 1.807) is 0 Å². The Morgan fingerprint density at radius 2 is 2.12 bits per heavy atom. The van der Waals surface area contributed by atoms with Crippen molar-refractivity contribution in [3.05, 3.63) is 35.5 Å². The first-order chi connectivity index (χ1) is 7.63. The Bertz CT molecular complexity index is 549. The Hall–Kier alpha value is -1.28. The molecular weight excluding hydrogens is 196 g/mol. The van der Waals surface area contributed by atoms with E-state index < -0.39 is 0 Å². The minimum absolute atomic E-state index is 0.0411. The van der Waals surface area contributed by atoms with Crippen molar-refractivity contribution < 1.29 is 0 Å². The van der Waals surface area contributed by atoms with E-state index in [4.69, 9.17) is 0 Å². The molecule has 0 saturated heterocycles. The number of benzene rings is 1. The zero-order valence-corrected chi connectivity index (χ0v) is 10.2. The molecule has 0 fully saturated rings.